The van der Waals surface area contributed by atoms with E-state index in [1.54, 1.807) is 0 Å². The van der Waals surface area contributed by atoms with Crippen molar-refractivity contribution in [2.75, 3.05) is 6.54 Å². The number of ketones is 1. The van der Waals surface area contributed by atoms with E-state index in [0.717, 1.165) is 5.56 Å². The first kappa shape index (κ1) is 16.9. The zero-order valence-corrected chi connectivity index (χ0v) is 12.5. The highest BCUT2D eigenvalue weighted by Crippen LogP contribution is 2.16. The maximum absolute atomic E-state index is 11.2. The van der Waals surface area contributed by atoms with Gasteiger partial charge in [0.15, 0.2) is 5.78 Å². The number of aryl methyl sites for hydroxylation is 3. The average molecular weight is 249 g/mol. The molecule has 0 unspecified atom stereocenters. The van der Waals surface area contributed by atoms with E-state index in [2.05, 4.69) is 32.9 Å². The first-order valence-corrected chi connectivity index (χ1v) is 6.74. The Labute approximate surface area is 112 Å². The molecule has 1 aromatic carbocycles. The molecule has 2 N–H and O–H groups in total. The van der Waals surface area contributed by atoms with Gasteiger partial charge in [-0.2, -0.15) is 0 Å². The summed E-state index contributed by atoms with van der Waals surface area (Å²) in [5, 5.41) is 0. The summed E-state index contributed by atoms with van der Waals surface area (Å²) >= 11 is 0. The Kier molecular flexibility index (Phi) is 8.30. The van der Waals surface area contributed by atoms with Crippen molar-refractivity contribution in [2.45, 2.75) is 53.9 Å². The highest BCUT2D eigenvalue weighted by molar-refractivity contribution is 5.83. The first-order chi connectivity index (χ1) is 8.46. The van der Waals surface area contributed by atoms with Crippen LogP contribution in [0.2, 0.25) is 0 Å². The summed E-state index contributed by atoms with van der Waals surface area (Å²) in [6.07, 6.45) is 3.11. The summed E-state index contributed by atoms with van der Waals surface area (Å²) in [6, 6.07) is 4.21. The van der Waals surface area contributed by atoms with Gasteiger partial charge in [0, 0.05) is 6.42 Å². The molecular formula is C16H27NO. The van der Waals surface area contributed by atoms with Crippen molar-refractivity contribution in [3.63, 3.8) is 0 Å². The third-order valence-electron chi connectivity index (χ3n) is 2.94. The van der Waals surface area contributed by atoms with Gasteiger partial charge in [-0.15, -0.1) is 0 Å². The zero-order valence-electron chi connectivity index (χ0n) is 12.5. The van der Waals surface area contributed by atoms with Gasteiger partial charge in [0.2, 0.25) is 0 Å². The van der Waals surface area contributed by atoms with Crippen molar-refractivity contribution in [1.29, 1.82) is 0 Å². The summed E-state index contributed by atoms with van der Waals surface area (Å²) in [7, 11) is 0. The number of hydrogen-bond donors (Lipinski definition) is 1. The fraction of sp³-hybridized carbons (Fsp3) is 0.562. The lowest BCUT2D eigenvalue weighted by Crippen LogP contribution is -2.16. The minimum absolute atomic E-state index is 0.0973. The molecule has 0 aliphatic carbocycles. The van der Waals surface area contributed by atoms with E-state index in [4.69, 9.17) is 5.73 Å². The number of hydrogen-bond acceptors (Lipinski definition) is 2. The van der Waals surface area contributed by atoms with Crippen LogP contribution in [0.25, 0.3) is 0 Å². The van der Waals surface area contributed by atoms with Crippen molar-refractivity contribution in [2.24, 2.45) is 5.73 Å². The number of rotatable bonds is 4. The lowest BCUT2D eigenvalue weighted by Gasteiger charge is -2.09. The van der Waals surface area contributed by atoms with Crippen LogP contribution in [0, 0.1) is 20.8 Å². The van der Waals surface area contributed by atoms with Crippen LogP contribution in [-0.2, 0) is 11.2 Å². The van der Waals surface area contributed by atoms with Gasteiger partial charge >= 0.3 is 0 Å². The van der Waals surface area contributed by atoms with Crippen molar-refractivity contribution < 1.29 is 4.79 Å². The highest BCUT2D eigenvalue weighted by Gasteiger charge is 2.07. The van der Waals surface area contributed by atoms with Gasteiger partial charge in [-0.05, 0) is 37.5 Å². The van der Waals surface area contributed by atoms with Crippen LogP contribution in [0.3, 0.4) is 0 Å². The Hall–Kier alpha value is -1.15. The second-order valence-corrected chi connectivity index (χ2v) is 4.80. The molecule has 0 radical (unpaired) electrons. The number of nitrogens with two attached hydrogens (primary N) is 1. The van der Waals surface area contributed by atoms with Crippen LogP contribution in [0.1, 0.15) is 48.9 Å². The molecule has 0 atom stereocenters. The quantitative estimate of drug-likeness (QED) is 0.887. The molecule has 2 nitrogen and oxygen atoms in total. The molecule has 0 fully saturated rings. The Morgan fingerprint density at radius 3 is 1.83 bits per heavy atom. The van der Waals surface area contributed by atoms with E-state index < -0.39 is 0 Å². The summed E-state index contributed by atoms with van der Waals surface area (Å²) in [6.45, 7) is 10.6. The second kappa shape index (κ2) is 8.87. The van der Waals surface area contributed by atoms with Gasteiger partial charge in [-0.1, -0.05) is 44.4 Å². The molecule has 102 valence electrons. The van der Waals surface area contributed by atoms with Crippen molar-refractivity contribution >= 4 is 5.78 Å². The van der Waals surface area contributed by atoms with Gasteiger partial charge in [0.1, 0.15) is 0 Å². The number of unbranched alkanes of at least 4 members (excludes halogenated alkanes) is 1. The monoisotopic (exact) mass is 249 g/mol. The van der Waals surface area contributed by atoms with E-state index in [9.17, 15) is 4.79 Å². The molecule has 0 amide bonds. The molecule has 18 heavy (non-hydrogen) atoms. The van der Waals surface area contributed by atoms with Gasteiger partial charge in [-0.3, -0.25) is 4.79 Å². The van der Waals surface area contributed by atoms with Crippen LogP contribution >= 0.6 is 0 Å². The van der Waals surface area contributed by atoms with E-state index in [-0.39, 0.29) is 12.3 Å². The SMILES string of the molecule is CCCC.Cc1cc(C)c(CC(=O)CN)c(C)c1. The maximum atomic E-state index is 11.2. The topological polar surface area (TPSA) is 43.1 Å². The average Bonchev–Trinajstić information content (AvgIpc) is 2.33. The second-order valence-electron chi connectivity index (χ2n) is 4.80. The number of carbonyl (C=O) groups is 1. The molecule has 0 spiro atoms. The molecule has 0 saturated heterocycles. The fourth-order valence-corrected chi connectivity index (χ4v) is 1.76. The van der Waals surface area contributed by atoms with Crippen LogP contribution in [0.4, 0.5) is 0 Å². The maximum Gasteiger partial charge on any atom is 0.150 e. The van der Waals surface area contributed by atoms with Crippen LogP contribution in [-0.4, -0.2) is 12.3 Å². The predicted molar refractivity (Wildman–Crippen MR) is 79.0 cm³/mol. The van der Waals surface area contributed by atoms with Gasteiger partial charge in [0.05, 0.1) is 6.54 Å². The van der Waals surface area contributed by atoms with Gasteiger partial charge < -0.3 is 5.73 Å². The molecule has 0 aliphatic rings. The van der Waals surface area contributed by atoms with E-state index in [1.165, 1.54) is 29.5 Å². The van der Waals surface area contributed by atoms with Crippen LogP contribution < -0.4 is 5.73 Å². The summed E-state index contributed by atoms with van der Waals surface area (Å²) in [4.78, 5) is 11.2. The third-order valence-corrected chi connectivity index (χ3v) is 2.94. The Morgan fingerprint density at radius 1 is 1.06 bits per heavy atom. The van der Waals surface area contributed by atoms with Crippen molar-refractivity contribution in [1.82, 2.24) is 0 Å². The minimum atomic E-state index is 0.0973. The van der Waals surface area contributed by atoms with Crippen LogP contribution in [0.5, 0.6) is 0 Å². The largest absolute Gasteiger partial charge is 0.324 e. The van der Waals surface area contributed by atoms with E-state index in [1.807, 2.05) is 13.8 Å². The third kappa shape index (κ3) is 5.97. The molecule has 0 heterocycles. The molecule has 0 saturated carbocycles. The van der Waals surface area contributed by atoms with E-state index >= 15 is 0 Å². The molecule has 2 heteroatoms. The molecule has 0 aromatic heterocycles. The zero-order chi connectivity index (χ0) is 14.1. The molecular weight excluding hydrogens is 222 g/mol. The molecule has 0 aliphatic heterocycles. The summed E-state index contributed by atoms with van der Waals surface area (Å²) in [5.74, 6) is 0.0973. The number of carbonyl (C=O) groups excluding carboxylic acids is 1. The van der Waals surface area contributed by atoms with Gasteiger partial charge in [0.25, 0.3) is 0 Å². The lowest BCUT2D eigenvalue weighted by atomic mass is 9.96. The van der Waals surface area contributed by atoms with E-state index in [0.29, 0.717) is 6.42 Å². The Balaban J connectivity index is 0.000000631. The first-order valence-electron chi connectivity index (χ1n) is 6.74. The standard InChI is InChI=1S/C12H17NO.C4H10/c1-8-4-9(2)12(10(3)5-8)6-11(14)7-13;1-3-4-2/h4-5H,6-7,13H2,1-3H3;3-4H2,1-2H3. The smallest absolute Gasteiger partial charge is 0.150 e. The predicted octanol–water partition coefficient (Wildman–Crippen LogP) is 3.49. The number of Topliss-reactive ketones (excluding diaryl/α,β-unsaturated/α-hetero) is 1. The normalized spacial score (nSPS) is 9.67. The fourth-order valence-electron chi connectivity index (χ4n) is 1.76. The molecule has 1 aromatic rings. The molecule has 1 rings (SSSR count). The molecule has 0 bridgehead atoms. The number of benzene rings is 1. The summed E-state index contributed by atoms with van der Waals surface area (Å²) < 4.78 is 0. The lowest BCUT2D eigenvalue weighted by molar-refractivity contribution is -0.117. The Morgan fingerprint density at radius 2 is 1.50 bits per heavy atom. The minimum Gasteiger partial charge on any atom is -0.324 e. The van der Waals surface area contributed by atoms with Gasteiger partial charge in [-0.25, -0.2) is 0 Å². The Bertz CT molecular complexity index is 358. The van der Waals surface area contributed by atoms with Crippen LogP contribution in [0.15, 0.2) is 12.1 Å². The van der Waals surface area contributed by atoms with Crippen molar-refractivity contribution in [3.05, 3.63) is 34.4 Å². The highest BCUT2D eigenvalue weighted by atomic mass is 16.1. The van der Waals surface area contributed by atoms with Crippen molar-refractivity contribution in [3.8, 4) is 0 Å². The summed E-state index contributed by atoms with van der Waals surface area (Å²) in [5.41, 5.74) is 10.0.